The number of nitrogens with zero attached hydrogens (tertiary/aromatic N) is 4. The van der Waals surface area contributed by atoms with Crippen LogP contribution in [-0.4, -0.2) is 54.7 Å². The number of amides is 1. The molecule has 156 valence electrons. The fourth-order valence-electron chi connectivity index (χ4n) is 3.94. The van der Waals surface area contributed by atoms with E-state index in [0.29, 0.717) is 11.5 Å². The molecule has 0 saturated heterocycles. The molecule has 0 unspecified atom stereocenters. The summed E-state index contributed by atoms with van der Waals surface area (Å²) in [6.07, 6.45) is 4.22. The number of carbonyl (C=O) groups is 1. The van der Waals surface area contributed by atoms with Crippen LogP contribution < -0.4 is 10.2 Å². The maximum Gasteiger partial charge on any atom is 0.255 e. The van der Waals surface area contributed by atoms with E-state index in [1.807, 2.05) is 32.8 Å². The Morgan fingerprint density at radius 2 is 2.03 bits per heavy atom. The molecule has 0 aromatic carbocycles. The number of aryl methyl sites for hydroxylation is 2. The van der Waals surface area contributed by atoms with Crippen LogP contribution in [0.4, 0.5) is 5.82 Å². The van der Waals surface area contributed by atoms with Gasteiger partial charge < -0.3 is 14.7 Å². The van der Waals surface area contributed by atoms with Gasteiger partial charge in [-0.1, -0.05) is 5.16 Å². The molecule has 7 nitrogen and oxygen atoms in total. The number of anilines is 1. The second kappa shape index (κ2) is 8.14. The molecule has 0 spiro atoms. The van der Waals surface area contributed by atoms with E-state index in [-0.39, 0.29) is 5.91 Å². The normalized spacial score (nSPS) is 17.0. The van der Waals surface area contributed by atoms with Crippen LogP contribution in [0.15, 0.2) is 10.6 Å². The van der Waals surface area contributed by atoms with Gasteiger partial charge >= 0.3 is 0 Å². The van der Waals surface area contributed by atoms with Gasteiger partial charge in [-0.15, -0.1) is 0 Å². The predicted molar refractivity (Wildman–Crippen MR) is 112 cm³/mol. The van der Waals surface area contributed by atoms with Crippen LogP contribution in [0.5, 0.6) is 0 Å². The Kier molecular flexibility index (Phi) is 5.58. The molecule has 7 heteroatoms. The minimum Gasteiger partial charge on any atom is -0.362 e. The summed E-state index contributed by atoms with van der Waals surface area (Å²) in [6, 6.07) is 2.07. The van der Waals surface area contributed by atoms with Crippen molar-refractivity contribution in [2.24, 2.45) is 5.92 Å². The van der Waals surface area contributed by atoms with Crippen LogP contribution in [0, 0.1) is 19.8 Å². The van der Waals surface area contributed by atoms with Gasteiger partial charge in [-0.25, -0.2) is 4.98 Å². The van der Waals surface area contributed by atoms with Gasteiger partial charge in [0, 0.05) is 58.0 Å². The van der Waals surface area contributed by atoms with Crippen LogP contribution in [-0.2, 0) is 19.4 Å². The third-order valence-corrected chi connectivity index (χ3v) is 6.01. The smallest absolute Gasteiger partial charge is 0.255 e. The van der Waals surface area contributed by atoms with E-state index < -0.39 is 0 Å². The lowest BCUT2D eigenvalue weighted by Crippen LogP contribution is -2.28. The quantitative estimate of drug-likeness (QED) is 0.807. The molecule has 2 aromatic rings. The van der Waals surface area contributed by atoms with Crippen LogP contribution in [0.3, 0.4) is 0 Å². The second-order valence-electron chi connectivity index (χ2n) is 8.59. The van der Waals surface area contributed by atoms with Crippen molar-refractivity contribution in [2.45, 2.75) is 46.1 Å². The molecule has 0 atom stereocenters. The molecule has 0 radical (unpaired) electrons. The molecule has 1 aliphatic heterocycles. The Hall–Kier alpha value is -2.41. The number of fused-ring (bicyclic) bond motifs is 1. The molecule has 2 aliphatic rings. The maximum absolute atomic E-state index is 12.8. The zero-order valence-corrected chi connectivity index (χ0v) is 17.9. The molecule has 0 bridgehead atoms. The molecule has 4 rings (SSSR count). The highest BCUT2D eigenvalue weighted by Gasteiger charge is 2.25. The summed E-state index contributed by atoms with van der Waals surface area (Å²) in [5, 5.41) is 7.17. The van der Waals surface area contributed by atoms with Crippen LogP contribution in [0.2, 0.25) is 0 Å². The van der Waals surface area contributed by atoms with Crippen molar-refractivity contribution >= 4 is 11.7 Å². The first kappa shape index (κ1) is 19.9. The van der Waals surface area contributed by atoms with Gasteiger partial charge in [0.1, 0.15) is 11.6 Å². The zero-order valence-electron chi connectivity index (χ0n) is 17.9. The molecule has 3 heterocycles. The number of hydrogen-bond donors (Lipinski definition) is 1. The average molecular weight is 398 g/mol. The molecule has 2 aromatic heterocycles. The Balaban J connectivity index is 1.52. The highest BCUT2D eigenvalue weighted by molar-refractivity contribution is 5.99. The van der Waals surface area contributed by atoms with Crippen LogP contribution in [0.25, 0.3) is 0 Å². The van der Waals surface area contributed by atoms with E-state index in [9.17, 15) is 4.79 Å². The molecular formula is C22H31N5O2. The van der Waals surface area contributed by atoms with Gasteiger partial charge in [-0.05, 0) is 50.7 Å². The number of rotatable bonds is 6. The predicted octanol–water partition coefficient (Wildman–Crippen LogP) is 2.49. The number of aromatic nitrogens is 2. The minimum atomic E-state index is -0.00674. The molecule has 1 aliphatic carbocycles. The summed E-state index contributed by atoms with van der Waals surface area (Å²) in [7, 11) is 3.90. The van der Waals surface area contributed by atoms with Gasteiger partial charge in [0.2, 0.25) is 0 Å². The van der Waals surface area contributed by atoms with E-state index in [4.69, 9.17) is 9.51 Å². The largest absolute Gasteiger partial charge is 0.362 e. The first-order chi connectivity index (χ1) is 13.9. The van der Waals surface area contributed by atoms with Gasteiger partial charge in [-0.2, -0.15) is 0 Å². The number of nitrogens with one attached hydrogen (secondary N) is 1. The van der Waals surface area contributed by atoms with Crippen molar-refractivity contribution in [1.82, 2.24) is 20.4 Å². The Bertz CT molecular complexity index is 881. The molecule has 1 saturated carbocycles. The number of hydrogen-bond acceptors (Lipinski definition) is 6. The summed E-state index contributed by atoms with van der Waals surface area (Å²) < 4.78 is 5.32. The SMILES string of the molecule is Cc1noc(C)c1CN1CCc2cc(C(=O)NCC3CC3)c(N(C)C)nc2CC1. The molecule has 1 amide bonds. The minimum absolute atomic E-state index is 0.00674. The van der Waals surface area contributed by atoms with Crippen molar-refractivity contribution < 1.29 is 9.32 Å². The zero-order chi connectivity index (χ0) is 20.5. The second-order valence-corrected chi connectivity index (χ2v) is 8.59. The van der Waals surface area contributed by atoms with E-state index in [0.717, 1.165) is 62.0 Å². The van der Waals surface area contributed by atoms with Crippen molar-refractivity contribution in [3.05, 3.63) is 39.9 Å². The summed E-state index contributed by atoms with van der Waals surface area (Å²) in [5.74, 6) is 2.31. The van der Waals surface area contributed by atoms with Crippen molar-refractivity contribution in [2.75, 3.05) is 38.6 Å². The van der Waals surface area contributed by atoms with Crippen molar-refractivity contribution in [1.29, 1.82) is 0 Å². The Morgan fingerprint density at radius 3 is 2.69 bits per heavy atom. The topological polar surface area (TPSA) is 74.5 Å². The molecule has 1 fully saturated rings. The summed E-state index contributed by atoms with van der Waals surface area (Å²) in [6.45, 7) is 7.45. The van der Waals surface area contributed by atoms with Gasteiger partial charge in [0.15, 0.2) is 0 Å². The Labute approximate surface area is 172 Å². The fourth-order valence-corrected chi connectivity index (χ4v) is 3.94. The fraction of sp³-hybridized carbons (Fsp3) is 0.591. The van der Waals surface area contributed by atoms with Gasteiger partial charge in [0.25, 0.3) is 5.91 Å². The average Bonchev–Trinajstić information content (AvgIpc) is 3.50. The summed E-state index contributed by atoms with van der Waals surface area (Å²) >= 11 is 0. The van der Waals surface area contributed by atoms with E-state index >= 15 is 0 Å². The lowest BCUT2D eigenvalue weighted by molar-refractivity contribution is 0.0952. The third kappa shape index (κ3) is 4.45. The maximum atomic E-state index is 12.8. The molecule has 1 N–H and O–H groups in total. The van der Waals surface area contributed by atoms with E-state index in [2.05, 4.69) is 21.4 Å². The van der Waals surface area contributed by atoms with Crippen molar-refractivity contribution in [3.63, 3.8) is 0 Å². The standard InChI is InChI=1S/C22H31N5O2/c1-14-19(15(2)29-25-14)13-27-9-7-17-11-18(22(28)23-12-16-5-6-16)21(26(3)4)24-20(17)8-10-27/h11,16H,5-10,12-13H2,1-4H3,(H,23,28). The third-order valence-electron chi connectivity index (χ3n) is 6.01. The van der Waals surface area contributed by atoms with Crippen LogP contribution >= 0.6 is 0 Å². The van der Waals surface area contributed by atoms with E-state index in [1.165, 1.54) is 24.0 Å². The monoisotopic (exact) mass is 397 g/mol. The van der Waals surface area contributed by atoms with E-state index in [1.54, 1.807) is 0 Å². The number of pyridine rings is 1. The molecular weight excluding hydrogens is 366 g/mol. The first-order valence-corrected chi connectivity index (χ1v) is 10.5. The summed E-state index contributed by atoms with van der Waals surface area (Å²) in [4.78, 5) is 22.1. The lowest BCUT2D eigenvalue weighted by atomic mass is 10.0. The summed E-state index contributed by atoms with van der Waals surface area (Å²) in [5.41, 5.74) is 5.13. The lowest BCUT2D eigenvalue weighted by Gasteiger charge is -2.19. The van der Waals surface area contributed by atoms with Gasteiger partial charge in [-0.3, -0.25) is 9.69 Å². The van der Waals surface area contributed by atoms with Gasteiger partial charge in [0.05, 0.1) is 11.3 Å². The van der Waals surface area contributed by atoms with Crippen LogP contribution in [0.1, 0.15) is 51.5 Å². The highest BCUT2D eigenvalue weighted by Crippen LogP contribution is 2.28. The van der Waals surface area contributed by atoms with Crippen molar-refractivity contribution in [3.8, 4) is 0 Å². The Morgan fingerprint density at radius 1 is 1.28 bits per heavy atom. The molecule has 29 heavy (non-hydrogen) atoms. The first-order valence-electron chi connectivity index (χ1n) is 10.5. The highest BCUT2D eigenvalue weighted by atomic mass is 16.5. The number of carbonyl (C=O) groups excluding carboxylic acids is 1.